The van der Waals surface area contributed by atoms with Crippen molar-refractivity contribution >= 4 is 43.3 Å². The maximum atomic E-state index is 11.1. The molecule has 0 atom stereocenters. The molecule has 0 aliphatic carbocycles. The summed E-state index contributed by atoms with van der Waals surface area (Å²) >= 11 is 6.54. The van der Waals surface area contributed by atoms with E-state index in [2.05, 4.69) is 31.9 Å². The molecule has 0 amide bonds. The topological polar surface area (TPSA) is 43.1 Å². The van der Waals surface area contributed by atoms with Crippen LogP contribution in [0.4, 0.5) is 5.69 Å². The molecule has 64 valence electrons. The van der Waals surface area contributed by atoms with Crippen LogP contribution in [0.3, 0.4) is 0 Å². The van der Waals surface area contributed by atoms with Crippen LogP contribution in [0.25, 0.3) is 0 Å². The van der Waals surface area contributed by atoms with Gasteiger partial charge < -0.3 is 5.73 Å². The molecule has 12 heavy (non-hydrogen) atoms. The molecule has 0 radical (unpaired) electrons. The maximum Gasteiger partial charge on any atom is 0.163 e. The molecule has 2 nitrogen and oxygen atoms in total. The van der Waals surface area contributed by atoms with E-state index >= 15 is 0 Å². The predicted octanol–water partition coefficient (Wildman–Crippen LogP) is 3.00. The molecule has 0 aliphatic rings. The summed E-state index contributed by atoms with van der Waals surface area (Å²) < 4.78 is 1.58. The normalized spacial score (nSPS) is 9.92. The summed E-state index contributed by atoms with van der Waals surface area (Å²) in [5, 5.41) is 0. The lowest BCUT2D eigenvalue weighted by Crippen LogP contribution is -2.00. The number of hydrogen-bond acceptors (Lipinski definition) is 2. The summed E-state index contributed by atoms with van der Waals surface area (Å²) in [6.45, 7) is 1.49. The third-order valence-corrected chi connectivity index (χ3v) is 2.52. The summed E-state index contributed by atoms with van der Waals surface area (Å²) in [5.41, 5.74) is 6.67. The van der Waals surface area contributed by atoms with Crippen molar-refractivity contribution in [3.63, 3.8) is 0 Å². The first-order chi connectivity index (χ1) is 5.52. The predicted molar refractivity (Wildman–Crippen MR) is 56.3 cm³/mol. The van der Waals surface area contributed by atoms with Crippen LogP contribution in [-0.4, -0.2) is 5.78 Å². The molecule has 0 heterocycles. The van der Waals surface area contributed by atoms with Crippen molar-refractivity contribution in [2.45, 2.75) is 6.92 Å². The van der Waals surface area contributed by atoms with E-state index in [9.17, 15) is 4.79 Å². The quantitative estimate of drug-likeness (QED) is 0.639. The van der Waals surface area contributed by atoms with Gasteiger partial charge in [-0.25, -0.2) is 0 Å². The molecule has 1 rings (SSSR count). The van der Waals surface area contributed by atoms with E-state index in [1.54, 1.807) is 12.1 Å². The average molecular weight is 293 g/mol. The average Bonchev–Trinajstić information content (AvgIpc) is 1.82. The van der Waals surface area contributed by atoms with Crippen LogP contribution in [-0.2, 0) is 0 Å². The zero-order chi connectivity index (χ0) is 9.30. The lowest BCUT2D eigenvalue weighted by atomic mass is 10.1. The first-order valence-electron chi connectivity index (χ1n) is 3.28. The Hall–Kier alpha value is -0.350. The van der Waals surface area contributed by atoms with Gasteiger partial charge in [-0.05, 0) is 35.0 Å². The van der Waals surface area contributed by atoms with Crippen LogP contribution < -0.4 is 5.73 Å². The minimum Gasteiger partial charge on any atom is -0.398 e. The van der Waals surface area contributed by atoms with Gasteiger partial charge in [0.25, 0.3) is 0 Å². The second-order valence-corrected chi connectivity index (χ2v) is 4.18. The number of hydrogen-bond donors (Lipinski definition) is 1. The molecule has 0 spiro atoms. The van der Waals surface area contributed by atoms with Crippen molar-refractivity contribution < 1.29 is 4.79 Å². The van der Waals surface area contributed by atoms with Crippen LogP contribution in [0.1, 0.15) is 17.3 Å². The highest BCUT2D eigenvalue weighted by Gasteiger charge is 2.09. The molecule has 0 aliphatic heterocycles. The molecule has 2 N–H and O–H groups in total. The Labute approximate surface area is 87.4 Å². The number of rotatable bonds is 1. The van der Waals surface area contributed by atoms with Gasteiger partial charge >= 0.3 is 0 Å². The minimum atomic E-state index is -0.0353. The van der Waals surface area contributed by atoms with Crippen molar-refractivity contribution in [1.29, 1.82) is 0 Å². The van der Waals surface area contributed by atoms with Crippen LogP contribution >= 0.6 is 31.9 Å². The molecular weight excluding hydrogens is 286 g/mol. The highest BCUT2D eigenvalue weighted by atomic mass is 79.9. The maximum absolute atomic E-state index is 11.1. The van der Waals surface area contributed by atoms with Crippen LogP contribution in [0.5, 0.6) is 0 Å². The van der Waals surface area contributed by atoms with Gasteiger partial charge in [0.05, 0.1) is 5.56 Å². The largest absolute Gasteiger partial charge is 0.398 e. The van der Waals surface area contributed by atoms with Gasteiger partial charge in [0.15, 0.2) is 5.78 Å². The summed E-state index contributed by atoms with van der Waals surface area (Å²) in [6, 6.07) is 3.51. The fourth-order valence-electron chi connectivity index (χ4n) is 0.965. The summed E-state index contributed by atoms with van der Waals surface area (Å²) in [7, 11) is 0. The lowest BCUT2D eigenvalue weighted by molar-refractivity contribution is 0.101. The molecule has 0 saturated carbocycles. The van der Waals surface area contributed by atoms with Gasteiger partial charge in [-0.15, -0.1) is 0 Å². The van der Waals surface area contributed by atoms with Crippen molar-refractivity contribution in [1.82, 2.24) is 0 Å². The van der Waals surface area contributed by atoms with Gasteiger partial charge in [-0.1, -0.05) is 15.9 Å². The molecule has 0 aromatic heterocycles. The number of anilines is 1. The second kappa shape index (κ2) is 3.58. The Balaban J connectivity index is 3.38. The highest BCUT2D eigenvalue weighted by molar-refractivity contribution is 9.11. The van der Waals surface area contributed by atoms with E-state index < -0.39 is 0 Å². The number of benzene rings is 1. The van der Waals surface area contributed by atoms with Crippen LogP contribution in [0.15, 0.2) is 21.1 Å². The Morgan fingerprint density at radius 2 is 2.00 bits per heavy atom. The third-order valence-electron chi connectivity index (χ3n) is 1.44. The molecule has 0 bridgehead atoms. The molecule has 1 aromatic carbocycles. The SMILES string of the molecule is CC(=O)c1c(N)cc(Br)cc1Br. The first kappa shape index (κ1) is 9.74. The Morgan fingerprint density at radius 3 is 2.42 bits per heavy atom. The van der Waals surface area contributed by atoms with E-state index in [4.69, 9.17) is 5.73 Å². The molecule has 0 saturated heterocycles. The number of ketones is 1. The lowest BCUT2D eigenvalue weighted by Gasteiger charge is -2.04. The number of nitrogens with two attached hydrogens (primary N) is 1. The Kier molecular flexibility index (Phi) is 2.90. The van der Waals surface area contributed by atoms with Crippen LogP contribution in [0.2, 0.25) is 0 Å². The van der Waals surface area contributed by atoms with Gasteiger partial charge in [0.1, 0.15) is 0 Å². The van der Waals surface area contributed by atoms with E-state index in [1.807, 2.05) is 0 Å². The van der Waals surface area contributed by atoms with E-state index in [0.717, 1.165) is 8.95 Å². The number of Topliss-reactive ketones (excluding diaryl/α,β-unsaturated/α-hetero) is 1. The summed E-state index contributed by atoms with van der Waals surface area (Å²) in [4.78, 5) is 11.1. The minimum absolute atomic E-state index is 0.0353. The third kappa shape index (κ3) is 1.87. The van der Waals surface area contributed by atoms with Crippen molar-refractivity contribution in [2.75, 3.05) is 5.73 Å². The fraction of sp³-hybridized carbons (Fsp3) is 0.125. The van der Waals surface area contributed by atoms with Gasteiger partial charge in [0, 0.05) is 14.6 Å². The van der Waals surface area contributed by atoms with Crippen molar-refractivity contribution in [3.8, 4) is 0 Å². The zero-order valence-electron chi connectivity index (χ0n) is 6.40. The number of carbonyl (C=O) groups is 1. The monoisotopic (exact) mass is 291 g/mol. The highest BCUT2D eigenvalue weighted by Crippen LogP contribution is 2.27. The first-order valence-corrected chi connectivity index (χ1v) is 4.86. The Morgan fingerprint density at radius 1 is 1.42 bits per heavy atom. The number of nitrogen functional groups attached to an aromatic ring is 1. The molecule has 0 fully saturated rings. The van der Waals surface area contributed by atoms with Gasteiger partial charge in [-0.2, -0.15) is 0 Å². The van der Waals surface area contributed by atoms with E-state index in [-0.39, 0.29) is 5.78 Å². The number of carbonyl (C=O) groups excluding carboxylic acids is 1. The zero-order valence-corrected chi connectivity index (χ0v) is 9.57. The Bertz CT molecular complexity index is 313. The molecular formula is C8H7Br2NO. The molecule has 4 heteroatoms. The van der Waals surface area contributed by atoms with Gasteiger partial charge in [0.2, 0.25) is 0 Å². The number of halogens is 2. The van der Waals surface area contributed by atoms with Crippen molar-refractivity contribution in [3.05, 3.63) is 26.6 Å². The van der Waals surface area contributed by atoms with E-state index in [1.165, 1.54) is 6.92 Å². The van der Waals surface area contributed by atoms with E-state index in [0.29, 0.717) is 11.3 Å². The fourth-order valence-corrected chi connectivity index (χ4v) is 2.50. The summed E-state index contributed by atoms with van der Waals surface area (Å²) in [6.07, 6.45) is 0. The standard InChI is InChI=1S/C8H7Br2NO/c1-4(12)8-6(10)2-5(9)3-7(8)11/h2-3H,11H2,1H3. The van der Waals surface area contributed by atoms with Gasteiger partial charge in [-0.3, -0.25) is 4.79 Å². The summed E-state index contributed by atoms with van der Waals surface area (Å²) in [5.74, 6) is -0.0353. The molecule has 0 unspecified atom stereocenters. The molecule has 1 aromatic rings. The smallest absolute Gasteiger partial charge is 0.163 e. The van der Waals surface area contributed by atoms with Crippen molar-refractivity contribution in [2.24, 2.45) is 0 Å². The van der Waals surface area contributed by atoms with Crippen LogP contribution in [0, 0.1) is 0 Å². The second-order valence-electron chi connectivity index (χ2n) is 2.41.